The predicted molar refractivity (Wildman–Crippen MR) is 115 cm³/mol. The van der Waals surface area contributed by atoms with Gasteiger partial charge in [-0.1, -0.05) is 6.07 Å². The van der Waals surface area contributed by atoms with Gasteiger partial charge in [-0.05, 0) is 24.6 Å². The first kappa shape index (κ1) is 22.9. The lowest BCUT2D eigenvalue weighted by atomic mass is 10.1. The van der Waals surface area contributed by atoms with Crippen LogP contribution >= 0.6 is 0 Å². The fraction of sp³-hybridized carbons (Fsp3) is 0.381. The topological polar surface area (TPSA) is 103 Å². The first-order valence-corrected chi connectivity index (χ1v) is 11.1. The molecule has 168 valence electrons. The summed E-state index contributed by atoms with van der Waals surface area (Å²) in [6.07, 6.45) is 0. The highest BCUT2D eigenvalue weighted by Crippen LogP contribution is 2.40. The lowest BCUT2D eigenvalue weighted by Gasteiger charge is -2.26. The maximum atomic E-state index is 13.0. The zero-order valence-electron chi connectivity index (χ0n) is 17.9. The summed E-state index contributed by atoms with van der Waals surface area (Å²) in [6, 6.07) is 7.73. The third-order valence-electron chi connectivity index (χ3n) is 4.98. The summed E-state index contributed by atoms with van der Waals surface area (Å²) >= 11 is 0. The number of hydrogen-bond donors (Lipinski definition) is 1. The van der Waals surface area contributed by atoms with Crippen LogP contribution in [0.2, 0.25) is 0 Å². The van der Waals surface area contributed by atoms with E-state index in [1.807, 2.05) is 0 Å². The summed E-state index contributed by atoms with van der Waals surface area (Å²) in [5.74, 6) is 0.721. The molecule has 1 heterocycles. The number of anilines is 1. The van der Waals surface area contributed by atoms with Crippen LogP contribution in [0.4, 0.5) is 5.69 Å². The molecule has 1 N–H and O–H groups in total. The van der Waals surface area contributed by atoms with E-state index in [2.05, 4.69) is 5.32 Å². The minimum atomic E-state index is -3.72. The Bertz CT molecular complexity index is 1040. The Morgan fingerprint density at radius 3 is 2.16 bits per heavy atom. The first-order chi connectivity index (χ1) is 14.8. The quantitative estimate of drug-likeness (QED) is 0.690. The second-order valence-electron chi connectivity index (χ2n) is 6.86. The molecule has 9 nitrogen and oxygen atoms in total. The number of carbonyl (C=O) groups excluding carboxylic acids is 1. The van der Waals surface area contributed by atoms with Crippen molar-refractivity contribution < 1.29 is 32.2 Å². The highest BCUT2D eigenvalue weighted by molar-refractivity contribution is 7.89. The molecule has 0 aromatic heterocycles. The average molecular weight is 451 g/mol. The van der Waals surface area contributed by atoms with Crippen LogP contribution in [-0.4, -0.2) is 66.3 Å². The standard InChI is InChI=1S/C21H26N2O7S/c1-14-5-6-16(31(25,26)23-7-9-30-10-8-23)13-17(14)21(24)22-15-11-18(27-2)20(29-4)19(12-15)28-3/h5-6,11-13H,7-10H2,1-4H3,(H,22,24). The highest BCUT2D eigenvalue weighted by Gasteiger charge is 2.27. The summed E-state index contributed by atoms with van der Waals surface area (Å²) in [7, 11) is 0.726. The molecule has 10 heteroatoms. The van der Waals surface area contributed by atoms with Gasteiger partial charge in [0.05, 0.1) is 39.4 Å². The van der Waals surface area contributed by atoms with Crippen molar-refractivity contribution in [1.82, 2.24) is 4.31 Å². The Hall–Kier alpha value is -2.82. The minimum Gasteiger partial charge on any atom is -0.493 e. The van der Waals surface area contributed by atoms with E-state index < -0.39 is 15.9 Å². The van der Waals surface area contributed by atoms with E-state index in [-0.39, 0.29) is 23.5 Å². The number of nitrogens with one attached hydrogen (secondary N) is 1. The number of amides is 1. The second-order valence-corrected chi connectivity index (χ2v) is 8.80. The smallest absolute Gasteiger partial charge is 0.255 e. The molecule has 0 bridgehead atoms. The van der Waals surface area contributed by atoms with Gasteiger partial charge in [0.2, 0.25) is 15.8 Å². The Morgan fingerprint density at radius 1 is 1.00 bits per heavy atom. The highest BCUT2D eigenvalue weighted by atomic mass is 32.2. The average Bonchev–Trinajstić information content (AvgIpc) is 2.78. The van der Waals surface area contributed by atoms with Crippen LogP contribution in [0.15, 0.2) is 35.2 Å². The van der Waals surface area contributed by atoms with E-state index in [1.165, 1.54) is 37.8 Å². The zero-order chi connectivity index (χ0) is 22.6. The van der Waals surface area contributed by atoms with Crippen LogP contribution in [0.5, 0.6) is 17.2 Å². The molecular formula is C21H26N2O7S. The third-order valence-corrected chi connectivity index (χ3v) is 6.88. The van der Waals surface area contributed by atoms with Crippen LogP contribution in [0.25, 0.3) is 0 Å². The molecule has 0 saturated carbocycles. The molecule has 2 aromatic rings. The number of ether oxygens (including phenoxy) is 4. The molecule has 0 unspecified atom stereocenters. The Kier molecular flexibility index (Phi) is 7.04. The Morgan fingerprint density at radius 2 is 1.61 bits per heavy atom. The number of sulfonamides is 1. The summed E-state index contributed by atoms with van der Waals surface area (Å²) in [4.78, 5) is 13.1. The van der Waals surface area contributed by atoms with Crippen molar-refractivity contribution in [1.29, 1.82) is 0 Å². The molecule has 0 spiro atoms. The number of aryl methyl sites for hydroxylation is 1. The lowest BCUT2D eigenvalue weighted by molar-refractivity contribution is 0.0730. The number of rotatable bonds is 7. The molecule has 1 aliphatic rings. The first-order valence-electron chi connectivity index (χ1n) is 9.61. The SMILES string of the molecule is COc1cc(NC(=O)c2cc(S(=O)(=O)N3CCOCC3)ccc2C)cc(OC)c1OC. The van der Waals surface area contributed by atoms with Gasteiger partial charge in [0.25, 0.3) is 5.91 Å². The number of hydrogen-bond acceptors (Lipinski definition) is 7. The molecule has 0 aliphatic carbocycles. The van der Waals surface area contributed by atoms with Gasteiger partial charge >= 0.3 is 0 Å². The lowest BCUT2D eigenvalue weighted by Crippen LogP contribution is -2.40. The van der Waals surface area contributed by atoms with Gasteiger partial charge in [-0.25, -0.2) is 8.42 Å². The second kappa shape index (κ2) is 9.54. The van der Waals surface area contributed by atoms with E-state index in [0.717, 1.165) is 0 Å². The Labute approximate surface area is 181 Å². The van der Waals surface area contributed by atoms with Crippen molar-refractivity contribution in [3.63, 3.8) is 0 Å². The van der Waals surface area contributed by atoms with Crippen molar-refractivity contribution in [2.75, 3.05) is 52.9 Å². The van der Waals surface area contributed by atoms with Crippen LogP contribution in [0.1, 0.15) is 15.9 Å². The van der Waals surface area contributed by atoms with Crippen molar-refractivity contribution >= 4 is 21.6 Å². The third kappa shape index (κ3) is 4.76. The largest absolute Gasteiger partial charge is 0.493 e. The molecule has 3 rings (SSSR count). The van der Waals surface area contributed by atoms with Crippen LogP contribution in [0, 0.1) is 6.92 Å². The molecule has 1 fully saturated rings. The van der Waals surface area contributed by atoms with Gasteiger partial charge in [0, 0.05) is 36.5 Å². The minimum absolute atomic E-state index is 0.0649. The molecular weight excluding hydrogens is 424 g/mol. The summed E-state index contributed by atoms with van der Waals surface area (Å²) in [5.41, 5.74) is 1.31. The van der Waals surface area contributed by atoms with Crippen LogP contribution in [0.3, 0.4) is 0 Å². The predicted octanol–water partition coefficient (Wildman–Crippen LogP) is 2.29. The molecule has 1 amide bonds. The maximum Gasteiger partial charge on any atom is 0.255 e. The van der Waals surface area contributed by atoms with Gasteiger partial charge in [-0.15, -0.1) is 0 Å². The van der Waals surface area contributed by atoms with E-state index in [1.54, 1.807) is 25.1 Å². The monoisotopic (exact) mass is 450 g/mol. The molecule has 0 radical (unpaired) electrons. The van der Waals surface area contributed by atoms with Crippen molar-refractivity contribution in [3.8, 4) is 17.2 Å². The molecule has 1 aliphatic heterocycles. The number of carbonyl (C=O) groups is 1. The van der Waals surface area contributed by atoms with E-state index in [9.17, 15) is 13.2 Å². The van der Waals surface area contributed by atoms with Crippen molar-refractivity contribution in [3.05, 3.63) is 41.5 Å². The number of nitrogens with zero attached hydrogens (tertiary/aromatic N) is 1. The molecule has 1 saturated heterocycles. The summed E-state index contributed by atoms with van der Waals surface area (Å²) in [5, 5.41) is 2.78. The molecule has 0 atom stereocenters. The van der Waals surface area contributed by atoms with Gasteiger partial charge in [-0.3, -0.25) is 4.79 Å². The van der Waals surface area contributed by atoms with Gasteiger partial charge in [0.1, 0.15) is 0 Å². The molecule has 2 aromatic carbocycles. The van der Waals surface area contributed by atoms with Crippen LogP contribution in [-0.2, 0) is 14.8 Å². The molecule has 31 heavy (non-hydrogen) atoms. The fourth-order valence-corrected chi connectivity index (χ4v) is 4.73. The van der Waals surface area contributed by atoms with Gasteiger partial charge < -0.3 is 24.3 Å². The normalized spacial score (nSPS) is 14.7. The van der Waals surface area contributed by atoms with E-state index in [4.69, 9.17) is 18.9 Å². The zero-order valence-corrected chi connectivity index (χ0v) is 18.7. The van der Waals surface area contributed by atoms with Gasteiger partial charge in [-0.2, -0.15) is 4.31 Å². The Balaban J connectivity index is 1.91. The number of morpholine rings is 1. The number of methoxy groups -OCH3 is 3. The number of benzene rings is 2. The van der Waals surface area contributed by atoms with E-state index >= 15 is 0 Å². The van der Waals surface area contributed by atoms with Crippen molar-refractivity contribution in [2.24, 2.45) is 0 Å². The van der Waals surface area contributed by atoms with Crippen LogP contribution < -0.4 is 19.5 Å². The summed E-state index contributed by atoms with van der Waals surface area (Å²) < 4.78 is 48.4. The van der Waals surface area contributed by atoms with E-state index in [0.29, 0.717) is 41.7 Å². The maximum absolute atomic E-state index is 13.0. The van der Waals surface area contributed by atoms with Crippen molar-refractivity contribution in [2.45, 2.75) is 11.8 Å². The van der Waals surface area contributed by atoms with Gasteiger partial charge in [0.15, 0.2) is 11.5 Å². The fourth-order valence-electron chi connectivity index (χ4n) is 3.29. The summed E-state index contributed by atoms with van der Waals surface area (Å²) in [6.45, 7) is 3.00.